The summed E-state index contributed by atoms with van der Waals surface area (Å²) in [7, 11) is 0. The number of aromatic amines is 1. The topological polar surface area (TPSA) is 66.0 Å². The highest BCUT2D eigenvalue weighted by Crippen LogP contribution is 2.30. The highest BCUT2D eigenvalue weighted by molar-refractivity contribution is 9.10. The molecule has 2 N–H and O–H groups in total. The lowest BCUT2D eigenvalue weighted by atomic mass is 10.3. The Labute approximate surface area is 91.7 Å². The third-order valence-corrected chi connectivity index (χ3v) is 3.36. The Hall–Kier alpha value is -1.14. The van der Waals surface area contributed by atoms with Gasteiger partial charge in [0.05, 0.1) is 16.9 Å². The van der Waals surface area contributed by atoms with Gasteiger partial charge in [-0.2, -0.15) is 0 Å². The van der Waals surface area contributed by atoms with Crippen LogP contribution in [0.4, 0.5) is 0 Å². The van der Waals surface area contributed by atoms with Gasteiger partial charge in [-0.05, 0) is 22.0 Å². The molecule has 6 heteroatoms. The Morgan fingerprint density at radius 3 is 3.00 bits per heavy atom. The first-order valence-corrected chi connectivity index (χ1v) is 5.37. The minimum absolute atomic E-state index is 0.0550. The third-order valence-electron chi connectivity index (χ3n) is 1.66. The van der Waals surface area contributed by atoms with E-state index in [1.807, 2.05) is 11.4 Å². The molecule has 0 unspecified atom stereocenters. The van der Waals surface area contributed by atoms with Gasteiger partial charge in [0.25, 0.3) is 0 Å². The predicted molar refractivity (Wildman–Crippen MR) is 56.6 cm³/mol. The number of nitrogens with zero attached hydrogens (tertiary/aromatic N) is 1. The maximum atomic E-state index is 10.8. The highest BCUT2D eigenvalue weighted by Gasteiger charge is 2.15. The second-order valence-electron chi connectivity index (χ2n) is 2.56. The molecule has 2 aromatic rings. The number of aromatic nitrogens is 2. The lowest BCUT2D eigenvalue weighted by Gasteiger charge is -1.93. The number of nitrogens with one attached hydrogen (secondary N) is 1. The fraction of sp³-hybridized carbons (Fsp3) is 0. The van der Waals surface area contributed by atoms with Crippen LogP contribution in [-0.2, 0) is 0 Å². The van der Waals surface area contributed by atoms with E-state index >= 15 is 0 Å². The van der Waals surface area contributed by atoms with Gasteiger partial charge in [-0.1, -0.05) is 0 Å². The van der Waals surface area contributed by atoms with Crippen LogP contribution in [0.5, 0.6) is 0 Å². The van der Waals surface area contributed by atoms with Gasteiger partial charge >= 0.3 is 5.97 Å². The molecular formula is C8H5BrN2O2S. The number of hydrogen-bond acceptors (Lipinski definition) is 3. The first kappa shape index (κ1) is 9.42. The van der Waals surface area contributed by atoms with Crippen molar-refractivity contribution in [1.82, 2.24) is 9.97 Å². The number of imidazole rings is 1. The van der Waals surface area contributed by atoms with E-state index in [0.717, 1.165) is 9.35 Å². The van der Waals surface area contributed by atoms with Crippen LogP contribution in [0.25, 0.3) is 10.6 Å². The average Bonchev–Trinajstić information content (AvgIpc) is 2.70. The van der Waals surface area contributed by atoms with Crippen LogP contribution in [-0.4, -0.2) is 21.0 Å². The summed E-state index contributed by atoms with van der Waals surface area (Å²) in [5.74, 6) is -1.02. The molecule has 0 bridgehead atoms. The minimum Gasteiger partial charge on any atom is -0.476 e. The van der Waals surface area contributed by atoms with E-state index in [0.29, 0.717) is 5.69 Å². The number of carboxylic acid groups (broad SMARTS) is 1. The van der Waals surface area contributed by atoms with Gasteiger partial charge in [-0.3, -0.25) is 0 Å². The molecule has 0 aliphatic heterocycles. The molecule has 0 fully saturated rings. The van der Waals surface area contributed by atoms with E-state index in [2.05, 4.69) is 25.9 Å². The maximum Gasteiger partial charge on any atom is 0.356 e. The highest BCUT2D eigenvalue weighted by atomic mass is 79.9. The molecule has 0 radical (unpaired) electrons. The van der Waals surface area contributed by atoms with Crippen LogP contribution in [0.15, 0.2) is 22.2 Å². The van der Waals surface area contributed by atoms with Crippen molar-refractivity contribution in [2.24, 2.45) is 0 Å². The van der Waals surface area contributed by atoms with E-state index in [1.54, 1.807) is 0 Å². The van der Waals surface area contributed by atoms with Gasteiger partial charge in [0.1, 0.15) is 0 Å². The van der Waals surface area contributed by atoms with Gasteiger partial charge in [-0.15, -0.1) is 11.3 Å². The van der Waals surface area contributed by atoms with Crippen molar-refractivity contribution >= 4 is 33.2 Å². The van der Waals surface area contributed by atoms with Crippen LogP contribution < -0.4 is 0 Å². The van der Waals surface area contributed by atoms with Crippen molar-refractivity contribution in [3.05, 3.63) is 27.9 Å². The Bertz CT molecular complexity index is 477. The lowest BCUT2D eigenvalue weighted by Crippen LogP contribution is -1.98. The van der Waals surface area contributed by atoms with E-state index in [4.69, 9.17) is 5.11 Å². The summed E-state index contributed by atoms with van der Waals surface area (Å²) in [5.41, 5.74) is 0.604. The molecule has 2 rings (SSSR count). The van der Waals surface area contributed by atoms with Crippen molar-refractivity contribution in [2.75, 3.05) is 0 Å². The van der Waals surface area contributed by atoms with Gasteiger partial charge in [0.2, 0.25) is 0 Å². The van der Waals surface area contributed by atoms with Crippen LogP contribution in [0.3, 0.4) is 0 Å². The molecule has 0 atom stereocenters. The summed E-state index contributed by atoms with van der Waals surface area (Å²) in [6.07, 6.45) is 1.38. The van der Waals surface area contributed by atoms with Crippen LogP contribution in [0.2, 0.25) is 0 Å². The first-order valence-electron chi connectivity index (χ1n) is 3.69. The number of rotatable bonds is 2. The maximum absolute atomic E-state index is 10.8. The fourth-order valence-corrected chi connectivity index (χ4v) is 2.53. The molecule has 0 saturated carbocycles. The Morgan fingerprint density at radius 1 is 1.64 bits per heavy atom. The predicted octanol–water partition coefficient (Wildman–Crippen LogP) is 2.60. The Balaban J connectivity index is 2.51. The monoisotopic (exact) mass is 272 g/mol. The molecule has 2 heterocycles. The van der Waals surface area contributed by atoms with Crippen molar-refractivity contribution in [1.29, 1.82) is 0 Å². The lowest BCUT2D eigenvalue weighted by molar-refractivity contribution is 0.0692. The smallest absolute Gasteiger partial charge is 0.356 e. The largest absolute Gasteiger partial charge is 0.476 e. The average molecular weight is 273 g/mol. The van der Waals surface area contributed by atoms with Gasteiger partial charge in [-0.25, -0.2) is 9.78 Å². The molecule has 72 valence electrons. The summed E-state index contributed by atoms with van der Waals surface area (Å²) in [6.45, 7) is 0. The summed E-state index contributed by atoms with van der Waals surface area (Å²) in [5, 5.41) is 10.7. The number of hydrogen-bond donors (Lipinski definition) is 2. The van der Waals surface area contributed by atoms with E-state index in [9.17, 15) is 4.79 Å². The molecule has 0 amide bonds. The molecule has 0 aliphatic rings. The molecule has 2 aromatic heterocycles. The van der Waals surface area contributed by atoms with Crippen molar-refractivity contribution in [3.63, 3.8) is 0 Å². The van der Waals surface area contributed by atoms with Crippen molar-refractivity contribution in [3.8, 4) is 10.6 Å². The zero-order chi connectivity index (χ0) is 10.1. The van der Waals surface area contributed by atoms with Gasteiger partial charge < -0.3 is 10.1 Å². The number of H-pyrrole nitrogens is 1. The van der Waals surface area contributed by atoms with E-state index in [-0.39, 0.29) is 5.69 Å². The molecule has 0 aromatic carbocycles. The Morgan fingerprint density at radius 2 is 2.43 bits per heavy atom. The van der Waals surface area contributed by atoms with Gasteiger partial charge in [0, 0.05) is 9.85 Å². The number of carbonyl (C=O) groups is 1. The summed E-state index contributed by atoms with van der Waals surface area (Å²) >= 11 is 4.77. The fourth-order valence-electron chi connectivity index (χ4n) is 1.09. The number of halogens is 1. The quantitative estimate of drug-likeness (QED) is 0.883. The SMILES string of the molecule is O=C(O)c1nc[nH]c1-c1cc(Br)cs1. The van der Waals surface area contributed by atoms with Crippen molar-refractivity contribution in [2.45, 2.75) is 0 Å². The first-order chi connectivity index (χ1) is 6.68. The Kier molecular flexibility index (Phi) is 2.39. The normalized spacial score (nSPS) is 10.4. The zero-order valence-corrected chi connectivity index (χ0v) is 9.22. The zero-order valence-electron chi connectivity index (χ0n) is 6.82. The molecule has 4 nitrogen and oxygen atoms in total. The summed E-state index contributed by atoms with van der Waals surface area (Å²) < 4.78 is 0.934. The van der Waals surface area contributed by atoms with Crippen molar-refractivity contribution < 1.29 is 9.90 Å². The third kappa shape index (κ3) is 1.58. The number of thiophene rings is 1. The number of carboxylic acids is 1. The molecule has 0 aliphatic carbocycles. The van der Waals surface area contributed by atoms with Crippen LogP contribution in [0, 0.1) is 0 Å². The summed E-state index contributed by atoms with van der Waals surface area (Å²) in [4.78, 5) is 18.2. The van der Waals surface area contributed by atoms with Gasteiger partial charge in [0.15, 0.2) is 5.69 Å². The molecule has 0 saturated heterocycles. The minimum atomic E-state index is -1.02. The molecular weight excluding hydrogens is 268 g/mol. The molecule has 0 spiro atoms. The van der Waals surface area contributed by atoms with E-state index < -0.39 is 5.97 Å². The number of aromatic carboxylic acids is 1. The van der Waals surface area contributed by atoms with Crippen LogP contribution >= 0.6 is 27.3 Å². The second kappa shape index (κ2) is 3.55. The van der Waals surface area contributed by atoms with E-state index in [1.165, 1.54) is 17.7 Å². The molecule has 14 heavy (non-hydrogen) atoms. The standard InChI is InChI=1S/C8H5BrN2O2S/c9-4-1-5(14-2-4)6-7(8(12)13)11-3-10-6/h1-3H,(H,10,11)(H,12,13). The summed E-state index contributed by atoms with van der Waals surface area (Å²) in [6, 6.07) is 1.85. The second-order valence-corrected chi connectivity index (χ2v) is 4.39. The van der Waals surface area contributed by atoms with Crippen LogP contribution in [0.1, 0.15) is 10.5 Å².